The molecule has 0 unspecified atom stereocenters. The van der Waals surface area contributed by atoms with Gasteiger partial charge >= 0.3 is 5.97 Å². The lowest BCUT2D eigenvalue weighted by Crippen LogP contribution is -1.99. The van der Waals surface area contributed by atoms with Crippen LogP contribution in [-0.4, -0.2) is 21.0 Å². The van der Waals surface area contributed by atoms with E-state index in [1.807, 2.05) is 19.1 Å². The van der Waals surface area contributed by atoms with Crippen LogP contribution in [0.4, 0.5) is 0 Å². The monoisotopic (exact) mass is 324 g/mol. The summed E-state index contributed by atoms with van der Waals surface area (Å²) in [4.78, 5) is 19.8. The highest BCUT2D eigenvalue weighted by atomic mass is 79.9. The molecule has 2 aromatic heterocycles. The third-order valence-corrected chi connectivity index (χ3v) is 3.93. The van der Waals surface area contributed by atoms with E-state index in [1.54, 1.807) is 6.07 Å². The summed E-state index contributed by atoms with van der Waals surface area (Å²) in [6.07, 6.45) is 1.48. The summed E-state index contributed by atoms with van der Waals surface area (Å²) in [5, 5.41) is 9.68. The van der Waals surface area contributed by atoms with Gasteiger partial charge in [-0.15, -0.1) is 0 Å². The lowest BCUT2D eigenvalue weighted by atomic mass is 10.3. The Bertz CT molecular complexity index is 604. The van der Waals surface area contributed by atoms with Crippen LogP contribution < -0.4 is 0 Å². The molecule has 2 aromatic rings. The Balaban J connectivity index is 2.25. The molecule has 1 N–H and O–H groups in total. The van der Waals surface area contributed by atoms with E-state index in [-0.39, 0.29) is 5.69 Å². The number of carboxylic acid groups (broad SMARTS) is 1. The van der Waals surface area contributed by atoms with Crippen LogP contribution in [0, 0.1) is 6.92 Å². The zero-order valence-corrected chi connectivity index (χ0v) is 11.8. The van der Waals surface area contributed by atoms with E-state index in [9.17, 15) is 4.79 Å². The first-order chi connectivity index (χ1) is 8.56. The molecule has 2 heterocycles. The van der Waals surface area contributed by atoms with Gasteiger partial charge in [0, 0.05) is 15.6 Å². The minimum atomic E-state index is -1.03. The second-order valence-corrected chi connectivity index (χ2v) is 5.45. The lowest BCUT2D eigenvalue weighted by molar-refractivity contribution is 0.0690. The van der Waals surface area contributed by atoms with E-state index in [4.69, 9.17) is 5.11 Å². The summed E-state index contributed by atoms with van der Waals surface area (Å²) in [6.45, 7) is 1.91. The number of aryl methyl sites for hydroxylation is 1. The van der Waals surface area contributed by atoms with Gasteiger partial charge in [0.2, 0.25) is 0 Å². The van der Waals surface area contributed by atoms with Gasteiger partial charge in [0.15, 0.2) is 0 Å². The van der Waals surface area contributed by atoms with Crippen LogP contribution in [0.15, 0.2) is 44.9 Å². The summed E-state index contributed by atoms with van der Waals surface area (Å²) in [7, 11) is 0. The van der Waals surface area contributed by atoms with E-state index < -0.39 is 5.97 Å². The van der Waals surface area contributed by atoms with Gasteiger partial charge < -0.3 is 5.11 Å². The summed E-state index contributed by atoms with van der Waals surface area (Å²) in [5.41, 5.74) is 0.932. The molecular formula is C12H9BrN2O2S. The van der Waals surface area contributed by atoms with Gasteiger partial charge in [0.1, 0.15) is 10.7 Å². The van der Waals surface area contributed by atoms with Crippen molar-refractivity contribution in [3.63, 3.8) is 0 Å². The number of pyridine rings is 2. The molecule has 0 atom stereocenters. The number of nitrogens with zero attached hydrogens (tertiary/aromatic N) is 2. The van der Waals surface area contributed by atoms with E-state index in [2.05, 4.69) is 25.9 Å². The van der Waals surface area contributed by atoms with Crippen molar-refractivity contribution in [2.75, 3.05) is 0 Å². The Morgan fingerprint density at radius 2 is 2.17 bits per heavy atom. The Hall–Kier alpha value is -1.40. The highest BCUT2D eigenvalue weighted by molar-refractivity contribution is 9.10. The van der Waals surface area contributed by atoms with Crippen LogP contribution in [0.1, 0.15) is 16.2 Å². The summed E-state index contributed by atoms with van der Waals surface area (Å²) < 4.78 is 0.952. The van der Waals surface area contributed by atoms with Gasteiger partial charge in [-0.2, -0.15) is 0 Å². The maximum atomic E-state index is 10.8. The van der Waals surface area contributed by atoms with Crippen molar-refractivity contribution >= 4 is 33.7 Å². The van der Waals surface area contributed by atoms with Gasteiger partial charge in [-0.3, -0.25) is 0 Å². The maximum absolute atomic E-state index is 10.8. The average Bonchev–Trinajstić information content (AvgIpc) is 2.34. The van der Waals surface area contributed by atoms with Crippen molar-refractivity contribution in [2.45, 2.75) is 16.8 Å². The van der Waals surface area contributed by atoms with Crippen molar-refractivity contribution < 1.29 is 9.90 Å². The van der Waals surface area contributed by atoms with Gasteiger partial charge in [0.25, 0.3) is 0 Å². The van der Waals surface area contributed by atoms with Crippen LogP contribution in [-0.2, 0) is 0 Å². The van der Waals surface area contributed by atoms with Crippen molar-refractivity contribution in [3.8, 4) is 0 Å². The molecule has 0 fully saturated rings. The molecule has 0 saturated carbocycles. The molecule has 92 valence electrons. The molecule has 0 saturated heterocycles. The van der Waals surface area contributed by atoms with Crippen LogP contribution in [0.5, 0.6) is 0 Å². The lowest BCUT2D eigenvalue weighted by Gasteiger charge is -2.03. The fraction of sp³-hybridized carbons (Fsp3) is 0.0833. The number of carboxylic acids is 1. The molecule has 0 aliphatic rings. The largest absolute Gasteiger partial charge is 0.477 e. The first kappa shape index (κ1) is 13.0. The molecular weight excluding hydrogens is 316 g/mol. The summed E-state index contributed by atoms with van der Waals surface area (Å²) >= 11 is 4.79. The van der Waals surface area contributed by atoms with Crippen LogP contribution in [0.25, 0.3) is 0 Å². The standard InChI is InChI=1S/C12H9BrN2O2S/c1-7-9(13)2-3-11(15-7)18-8-4-5-14-10(6-8)12(16)17/h2-6H,1H3,(H,16,17). The Morgan fingerprint density at radius 3 is 2.83 bits per heavy atom. The smallest absolute Gasteiger partial charge is 0.354 e. The third-order valence-electron chi connectivity index (χ3n) is 2.17. The molecule has 0 amide bonds. The molecule has 0 radical (unpaired) electrons. The fourth-order valence-electron chi connectivity index (χ4n) is 1.29. The van der Waals surface area contributed by atoms with Crippen molar-refractivity contribution in [3.05, 3.63) is 46.3 Å². The average molecular weight is 325 g/mol. The van der Waals surface area contributed by atoms with Gasteiger partial charge in [0.05, 0.1) is 5.69 Å². The molecule has 6 heteroatoms. The minimum absolute atomic E-state index is 0.0360. The predicted molar refractivity (Wildman–Crippen MR) is 72.0 cm³/mol. The summed E-state index contributed by atoms with van der Waals surface area (Å²) in [5.74, 6) is -1.03. The third kappa shape index (κ3) is 3.08. The number of hydrogen-bond acceptors (Lipinski definition) is 4. The number of aromatic nitrogens is 2. The molecule has 0 bridgehead atoms. The van der Waals surface area contributed by atoms with Crippen molar-refractivity contribution in [2.24, 2.45) is 0 Å². The van der Waals surface area contributed by atoms with E-state index in [0.717, 1.165) is 20.1 Å². The first-order valence-corrected chi connectivity index (χ1v) is 6.67. The van der Waals surface area contributed by atoms with Crippen molar-refractivity contribution in [1.82, 2.24) is 9.97 Å². The molecule has 0 aliphatic carbocycles. The van der Waals surface area contributed by atoms with Crippen LogP contribution in [0.3, 0.4) is 0 Å². The van der Waals surface area contributed by atoms with Gasteiger partial charge in [-0.1, -0.05) is 11.8 Å². The van der Waals surface area contributed by atoms with Crippen LogP contribution in [0.2, 0.25) is 0 Å². The van der Waals surface area contributed by atoms with Crippen LogP contribution >= 0.6 is 27.7 Å². The quantitative estimate of drug-likeness (QED) is 0.937. The number of halogens is 1. The molecule has 0 aromatic carbocycles. The van der Waals surface area contributed by atoms with E-state index in [1.165, 1.54) is 24.0 Å². The molecule has 2 rings (SSSR count). The molecule has 18 heavy (non-hydrogen) atoms. The van der Waals surface area contributed by atoms with Gasteiger partial charge in [-0.05, 0) is 47.1 Å². The minimum Gasteiger partial charge on any atom is -0.477 e. The number of rotatable bonds is 3. The maximum Gasteiger partial charge on any atom is 0.354 e. The molecule has 0 aliphatic heterocycles. The molecule has 4 nitrogen and oxygen atoms in total. The second kappa shape index (κ2) is 5.49. The van der Waals surface area contributed by atoms with E-state index in [0.29, 0.717) is 0 Å². The van der Waals surface area contributed by atoms with E-state index >= 15 is 0 Å². The summed E-state index contributed by atoms with van der Waals surface area (Å²) in [6, 6.07) is 7.09. The Morgan fingerprint density at radius 1 is 1.39 bits per heavy atom. The molecule has 0 spiro atoms. The second-order valence-electron chi connectivity index (χ2n) is 3.50. The highest BCUT2D eigenvalue weighted by Gasteiger charge is 2.07. The first-order valence-electron chi connectivity index (χ1n) is 5.06. The number of carbonyl (C=O) groups is 1. The predicted octanol–water partition coefficient (Wildman–Crippen LogP) is 3.40. The van der Waals surface area contributed by atoms with Gasteiger partial charge in [-0.25, -0.2) is 14.8 Å². The normalized spacial score (nSPS) is 10.3. The zero-order chi connectivity index (χ0) is 13.1. The highest BCUT2D eigenvalue weighted by Crippen LogP contribution is 2.27. The number of aromatic carboxylic acids is 1. The number of hydrogen-bond donors (Lipinski definition) is 1. The fourth-order valence-corrected chi connectivity index (χ4v) is 2.37. The Labute approximate surface area is 117 Å². The SMILES string of the molecule is Cc1nc(Sc2ccnc(C(=O)O)c2)ccc1Br. The topological polar surface area (TPSA) is 63.1 Å². The zero-order valence-electron chi connectivity index (χ0n) is 9.42. The Kier molecular flexibility index (Phi) is 3.98. The van der Waals surface area contributed by atoms with Crippen molar-refractivity contribution in [1.29, 1.82) is 0 Å².